The van der Waals surface area contributed by atoms with E-state index in [1.807, 2.05) is 0 Å². The molecule has 3 aromatic rings. The maximum Gasteiger partial charge on any atom is 0.406 e. The minimum atomic E-state index is -4.62. The molecule has 0 saturated carbocycles. The van der Waals surface area contributed by atoms with Gasteiger partial charge in [-0.2, -0.15) is 13.2 Å². The second kappa shape index (κ2) is 8.07. The van der Waals surface area contributed by atoms with Gasteiger partial charge < -0.3 is 14.2 Å². The molecule has 0 aliphatic rings. The van der Waals surface area contributed by atoms with Crippen LogP contribution in [0.4, 0.5) is 13.2 Å². The van der Waals surface area contributed by atoms with Crippen LogP contribution in [0.3, 0.4) is 0 Å². The zero-order valence-electron chi connectivity index (χ0n) is 16.3. The van der Waals surface area contributed by atoms with Crippen LogP contribution < -0.4 is 14.2 Å². The average molecular weight is 402 g/mol. The summed E-state index contributed by atoms with van der Waals surface area (Å²) >= 11 is 0. The normalized spacial score (nSPS) is 11.8. The van der Waals surface area contributed by atoms with E-state index in [0.717, 1.165) is 0 Å². The molecule has 3 nitrogen and oxygen atoms in total. The highest BCUT2D eigenvalue weighted by Crippen LogP contribution is 2.51. The van der Waals surface area contributed by atoms with E-state index in [9.17, 15) is 13.2 Å². The highest BCUT2D eigenvalue weighted by molar-refractivity contribution is 5.54. The van der Waals surface area contributed by atoms with Gasteiger partial charge in [-0.05, 0) is 53.1 Å². The summed E-state index contributed by atoms with van der Waals surface area (Å²) in [5.74, 6) is 1.44. The second-order valence-corrected chi connectivity index (χ2v) is 6.43. The van der Waals surface area contributed by atoms with Gasteiger partial charge in [0.05, 0.1) is 21.3 Å². The summed E-state index contributed by atoms with van der Waals surface area (Å²) in [4.78, 5) is 0. The van der Waals surface area contributed by atoms with E-state index in [1.54, 1.807) is 0 Å². The van der Waals surface area contributed by atoms with Crippen LogP contribution >= 0.6 is 0 Å². The van der Waals surface area contributed by atoms with E-state index in [4.69, 9.17) is 14.2 Å². The lowest BCUT2D eigenvalue weighted by atomic mass is 9.68. The number of rotatable bonds is 6. The molecule has 0 amide bonds. The maximum absolute atomic E-state index is 14.9. The van der Waals surface area contributed by atoms with Gasteiger partial charge in [-0.15, -0.1) is 0 Å². The Labute approximate surface area is 167 Å². The third-order valence-electron chi connectivity index (χ3n) is 4.99. The molecule has 0 heterocycles. The van der Waals surface area contributed by atoms with Crippen LogP contribution in [0.1, 0.15) is 16.7 Å². The third kappa shape index (κ3) is 3.62. The highest BCUT2D eigenvalue weighted by atomic mass is 19.4. The van der Waals surface area contributed by atoms with E-state index in [-0.39, 0.29) is 16.7 Å². The Kier molecular flexibility index (Phi) is 5.73. The average Bonchev–Trinajstić information content (AvgIpc) is 2.74. The first-order valence-corrected chi connectivity index (χ1v) is 8.87. The minimum absolute atomic E-state index is 0.0844. The van der Waals surface area contributed by atoms with E-state index < -0.39 is 11.6 Å². The molecular weight excluding hydrogens is 381 g/mol. The molecule has 0 fully saturated rings. The van der Waals surface area contributed by atoms with Crippen molar-refractivity contribution >= 4 is 0 Å². The second-order valence-electron chi connectivity index (χ2n) is 6.43. The number of halogens is 3. The van der Waals surface area contributed by atoms with Gasteiger partial charge in [-0.25, -0.2) is 0 Å². The van der Waals surface area contributed by atoms with Gasteiger partial charge >= 0.3 is 6.18 Å². The largest absolute Gasteiger partial charge is 0.497 e. The molecule has 152 valence electrons. The van der Waals surface area contributed by atoms with Crippen LogP contribution in [0.15, 0.2) is 72.8 Å². The molecule has 0 unspecified atom stereocenters. The Morgan fingerprint density at radius 2 is 0.724 bits per heavy atom. The summed E-state index contributed by atoms with van der Waals surface area (Å²) in [5.41, 5.74) is -2.12. The van der Waals surface area contributed by atoms with Crippen molar-refractivity contribution in [3.05, 3.63) is 89.5 Å². The number of alkyl halides is 3. The smallest absolute Gasteiger partial charge is 0.406 e. The summed E-state index contributed by atoms with van der Waals surface area (Å²) in [7, 11) is 4.41. The standard InChI is InChI=1S/C23H21F3O3/c1-27-19-10-4-16(5-11-19)22(23(24,25)26,17-6-12-20(28-2)13-7-17)18-8-14-21(29-3)15-9-18/h4-15H,1-3H3. The minimum Gasteiger partial charge on any atom is -0.497 e. The molecule has 0 aliphatic heterocycles. The van der Waals surface area contributed by atoms with Crippen molar-refractivity contribution in [2.24, 2.45) is 0 Å². The van der Waals surface area contributed by atoms with E-state index in [1.165, 1.54) is 94.1 Å². The Balaban J connectivity index is 2.33. The van der Waals surface area contributed by atoms with Gasteiger partial charge in [0, 0.05) is 0 Å². The van der Waals surface area contributed by atoms with Crippen LogP contribution in [0.2, 0.25) is 0 Å². The van der Waals surface area contributed by atoms with Crippen molar-refractivity contribution in [2.45, 2.75) is 11.6 Å². The zero-order chi connectivity index (χ0) is 21.1. The molecule has 0 bridgehead atoms. The third-order valence-corrected chi connectivity index (χ3v) is 4.99. The first kappa shape index (κ1) is 20.6. The molecule has 3 aromatic carbocycles. The van der Waals surface area contributed by atoms with Crippen LogP contribution in [-0.4, -0.2) is 27.5 Å². The predicted octanol–water partition coefficient (Wildman–Crippen LogP) is 5.61. The highest BCUT2D eigenvalue weighted by Gasteiger charge is 2.58. The molecule has 0 saturated heterocycles. The van der Waals surface area contributed by atoms with E-state index in [2.05, 4.69) is 0 Å². The van der Waals surface area contributed by atoms with Gasteiger partial charge in [0.1, 0.15) is 22.7 Å². The predicted molar refractivity (Wildman–Crippen MR) is 105 cm³/mol. The molecule has 3 rings (SSSR count). The maximum atomic E-state index is 14.9. The molecule has 0 radical (unpaired) electrons. The molecule has 0 N–H and O–H groups in total. The number of methoxy groups -OCH3 is 3. The summed E-state index contributed by atoms with van der Waals surface area (Å²) in [6, 6.07) is 17.9. The number of ether oxygens (including phenoxy) is 3. The lowest BCUT2D eigenvalue weighted by molar-refractivity contribution is -0.166. The van der Waals surface area contributed by atoms with Crippen molar-refractivity contribution < 1.29 is 27.4 Å². The lowest BCUT2D eigenvalue weighted by Gasteiger charge is -2.37. The van der Waals surface area contributed by atoms with Crippen LogP contribution in [0.5, 0.6) is 17.2 Å². The van der Waals surface area contributed by atoms with Gasteiger partial charge in [-0.1, -0.05) is 36.4 Å². The Morgan fingerprint density at radius 1 is 0.483 bits per heavy atom. The first-order chi connectivity index (χ1) is 13.9. The van der Waals surface area contributed by atoms with Crippen LogP contribution in [-0.2, 0) is 5.41 Å². The molecule has 0 atom stereocenters. The Bertz CT molecular complexity index is 815. The van der Waals surface area contributed by atoms with Gasteiger partial charge in [0.25, 0.3) is 0 Å². The Hall–Kier alpha value is -3.15. The van der Waals surface area contributed by atoms with Crippen molar-refractivity contribution in [2.75, 3.05) is 21.3 Å². The molecule has 0 aromatic heterocycles. The van der Waals surface area contributed by atoms with Gasteiger partial charge in [0.2, 0.25) is 0 Å². The number of hydrogen-bond donors (Lipinski definition) is 0. The van der Waals surface area contributed by atoms with Gasteiger partial charge in [-0.3, -0.25) is 0 Å². The summed E-state index contributed by atoms with van der Waals surface area (Å²) in [6.45, 7) is 0. The topological polar surface area (TPSA) is 27.7 Å². The van der Waals surface area contributed by atoms with Crippen LogP contribution in [0.25, 0.3) is 0 Å². The van der Waals surface area contributed by atoms with Crippen molar-refractivity contribution in [3.8, 4) is 17.2 Å². The molecule has 0 spiro atoms. The fourth-order valence-corrected chi connectivity index (χ4v) is 3.51. The van der Waals surface area contributed by atoms with Crippen LogP contribution in [0, 0.1) is 0 Å². The first-order valence-electron chi connectivity index (χ1n) is 8.87. The van der Waals surface area contributed by atoms with Crippen molar-refractivity contribution in [3.63, 3.8) is 0 Å². The Morgan fingerprint density at radius 3 is 0.897 bits per heavy atom. The number of benzene rings is 3. The SMILES string of the molecule is COc1ccc(C(c2ccc(OC)cc2)(c2ccc(OC)cc2)C(F)(F)F)cc1. The number of hydrogen-bond acceptors (Lipinski definition) is 3. The molecular formula is C23H21F3O3. The molecule has 6 heteroatoms. The molecule has 0 aliphatic carbocycles. The van der Waals surface area contributed by atoms with Crippen molar-refractivity contribution in [1.29, 1.82) is 0 Å². The van der Waals surface area contributed by atoms with Gasteiger partial charge in [0.15, 0.2) is 0 Å². The zero-order valence-corrected chi connectivity index (χ0v) is 16.3. The summed E-state index contributed by atoms with van der Waals surface area (Å²) in [5, 5.41) is 0. The lowest BCUT2D eigenvalue weighted by Crippen LogP contribution is -2.44. The molecule has 29 heavy (non-hydrogen) atoms. The summed E-state index contributed by atoms with van der Waals surface area (Å²) < 4.78 is 60.0. The fraction of sp³-hybridized carbons (Fsp3) is 0.217. The van der Waals surface area contributed by atoms with E-state index >= 15 is 0 Å². The van der Waals surface area contributed by atoms with Crippen molar-refractivity contribution in [1.82, 2.24) is 0 Å². The quantitative estimate of drug-likeness (QED) is 0.502. The monoisotopic (exact) mass is 402 g/mol. The summed E-state index contributed by atoms with van der Waals surface area (Å²) in [6.07, 6.45) is -4.62. The fourth-order valence-electron chi connectivity index (χ4n) is 3.51. The van der Waals surface area contributed by atoms with E-state index in [0.29, 0.717) is 17.2 Å².